The Balaban J connectivity index is 1.94. The van der Waals surface area contributed by atoms with Crippen LogP contribution < -0.4 is 0 Å². The van der Waals surface area contributed by atoms with Gasteiger partial charge in [-0.15, -0.1) is 0 Å². The lowest BCUT2D eigenvalue weighted by Gasteiger charge is -2.27. The molecule has 23 heavy (non-hydrogen) atoms. The minimum Gasteiger partial charge on any atom is -0.267 e. The molecule has 1 aliphatic heterocycles. The first-order chi connectivity index (χ1) is 11.0. The van der Waals surface area contributed by atoms with Crippen molar-refractivity contribution in [2.75, 3.05) is 0 Å². The van der Waals surface area contributed by atoms with Crippen LogP contribution in [0.25, 0.3) is 0 Å². The standard InChI is InChI=1S/C17H13ClN2O3/c1-11-6-8-12(9-7-11)10-19(17(18)23)20-15(21)13-4-2-3-5-14(13)16(20)22/h2-9H,10H2,1H3. The van der Waals surface area contributed by atoms with Crippen LogP contribution >= 0.6 is 11.6 Å². The van der Waals surface area contributed by atoms with Crippen molar-refractivity contribution in [2.45, 2.75) is 13.5 Å². The number of fused-ring (bicyclic) bond motifs is 1. The summed E-state index contributed by atoms with van der Waals surface area (Å²) in [5, 5.41) is 0.872. The van der Waals surface area contributed by atoms with Crippen LogP contribution in [-0.2, 0) is 6.54 Å². The van der Waals surface area contributed by atoms with Gasteiger partial charge >= 0.3 is 5.37 Å². The van der Waals surface area contributed by atoms with Gasteiger partial charge in [-0.2, -0.15) is 5.01 Å². The summed E-state index contributed by atoms with van der Waals surface area (Å²) < 4.78 is 0. The van der Waals surface area contributed by atoms with E-state index >= 15 is 0 Å². The average Bonchev–Trinajstić information content (AvgIpc) is 2.79. The molecule has 0 aliphatic carbocycles. The molecule has 3 amide bonds. The van der Waals surface area contributed by atoms with E-state index in [2.05, 4.69) is 0 Å². The molecule has 5 nitrogen and oxygen atoms in total. The predicted octanol–water partition coefficient (Wildman–Crippen LogP) is 3.37. The maximum Gasteiger partial charge on any atom is 0.335 e. The number of amides is 3. The molecule has 3 rings (SSSR count). The Morgan fingerprint density at radius 2 is 1.52 bits per heavy atom. The monoisotopic (exact) mass is 328 g/mol. The fraction of sp³-hybridized carbons (Fsp3) is 0.118. The van der Waals surface area contributed by atoms with E-state index in [4.69, 9.17) is 11.6 Å². The summed E-state index contributed by atoms with van der Waals surface area (Å²) in [7, 11) is 0. The Bertz CT molecular complexity index is 767. The number of imide groups is 1. The highest BCUT2D eigenvalue weighted by Crippen LogP contribution is 2.26. The first-order valence-corrected chi connectivity index (χ1v) is 7.37. The topological polar surface area (TPSA) is 57.7 Å². The van der Waals surface area contributed by atoms with Crippen LogP contribution in [0.2, 0.25) is 0 Å². The van der Waals surface area contributed by atoms with E-state index in [-0.39, 0.29) is 17.7 Å². The maximum atomic E-state index is 12.4. The number of hydrogen-bond donors (Lipinski definition) is 0. The van der Waals surface area contributed by atoms with Crippen molar-refractivity contribution < 1.29 is 14.4 Å². The highest BCUT2D eigenvalue weighted by atomic mass is 35.5. The third kappa shape index (κ3) is 2.71. The summed E-state index contributed by atoms with van der Waals surface area (Å²) in [5.41, 5.74) is 2.37. The van der Waals surface area contributed by atoms with E-state index in [9.17, 15) is 14.4 Å². The summed E-state index contributed by atoms with van der Waals surface area (Å²) in [6, 6.07) is 13.8. The molecule has 0 saturated carbocycles. The number of benzene rings is 2. The largest absolute Gasteiger partial charge is 0.335 e. The van der Waals surface area contributed by atoms with Crippen LogP contribution in [0.4, 0.5) is 4.79 Å². The molecule has 0 radical (unpaired) electrons. The first kappa shape index (κ1) is 15.2. The van der Waals surface area contributed by atoms with Crippen molar-refractivity contribution in [1.29, 1.82) is 0 Å². The van der Waals surface area contributed by atoms with Gasteiger partial charge in [0.2, 0.25) is 0 Å². The quantitative estimate of drug-likeness (QED) is 0.493. The van der Waals surface area contributed by atoms with Gasteiger partial charge in [-0.05, 0) is 36.2 Å². The SMILES string of the molecule is Cc1ccc(CN(C(=O)Cl)N2C(=O)c3ccccc3C2=O)cc1. The van der Waals surface area contributed by atoms with Crippen molar-refractivity contribution in [3.63, 3.8) is 0 Å². The van der Waals surface area contributed by atoms with Gasteiger partial charge in [0.25, 0.3) is 11.8 Å². The molecule has 0 N–H and O–H groups in total. The zero-order valence-electron chi connectivity index (χ0n) is 12.3. The molecule has 0 bridgehead atoms. The fourth-order valence-electron chi connectivity index (χ4n) is 2.47. The number of aryl methyl sites for hydroxylation is 1. The number of hydrazine groups is 1. The van der Waals surface area contributed by atoms with Crippen molar-refractivity contribution in [1.82, 2.24) is 10.0 Å². The van der Waals surface area contributed by atoms with Gasteiger partial charge in [-0.3, -0.25) is 14.4 Å². The molecule has 2 aromatic rings. The van der Waals surface area contributed by atoms with Gasteiger partial charge in [-0.25, -0.2) is 5.01 Å². The summed E-state index contributed by atoms with van der Waals surface area (Å²) in [6.07, 6.45) is 0. The Hall–Kier alpha value is -2.66. The number of hydrogen-bond acceptors (Lipinski definition) is 3. The summed E-state index contributed by atoms with van der Waals surface area (Å²) in [4.78, 5) is 36.7. The minimum absolute atomic E-state index is 0.0358. The minimum atomic E-state index is -0.889. The van der Waals surface area contributed by atoms with Crippen molar-refractivity contribution >= 4 is 28.8 Å². The number of carbonyl (C=O) groups is 3. The van der Waals surface area contributed by atoms with E-state index in [0.717, 1.165) is 21.1 Å². The van der Waals surface area contributed by atoms with E-state index in [1.807, 2.05) is 31.2 Å². The molecule has 0 spiro atoms. The molecule has 1 heterocycles. The zero-order chi connectivity index (χ0) is 16.6. The Morgan fingerprint density at radius 3 is 2.00 bits per heavy atom. The summed E-state index contributed by atoms with van der Waals surface area (Å²) in [5.74, 6) is -1.10. The third-order valence-electron chi connectivity index (χ3n) is 3.67. The molecular formula is C17H13ClN2O3. The first-order valence-electron chi connectivity index (χ1n) is 6.99. The number of carbonyl (C=O) groups excluding carboxylic acids is 3. The molecule has 116 valence electrons. The van der Waals surface area contributed by atoms with E-state index in [0.29, 0.717) is 0 Å². The Labute approximate surface area is 138 Å². The van der Waals surface area contributed by atoms with E-state index < -0.39 is 17.2 Å². The second-order valence-corrected chi connectivity index (χ2v) is 5.59. The van der Waals surface area contributed by atoms with Crippen LogP contribution in [0, 0.1) is 6.92 Å². The highest BCUT2D eigenvalue weighted by molar-refractivity contribution is 6.63. The van der Waals surface area contributed by atoms with Gasteiger partial charge < -0.3 is 0 Å². The lowest BCUT2D eigenvalue weighted by atomic mass is 10.1. The number of nitrogens with zero attached hydrogens (tertiary/aromatic N) is 2. The average molecular weight is 329 g/mol. The smallest absolute Gasteiger partial charge is 0.267 e. The zero-order valence-corrected chi connectivity index (χ0v) is 13.1. The number of rotatable bonds is 3. The number of halogens is 1. The molecule has 6 heteroatoms. The Kier molecular flexibility index (Phi) is 3.88. The molecular weight excluding hydrogens is 316 g/mol. The second kappa shape index (κ2) is 5.85. The van der Waals surface area contributed by atoms with Crippen LogP contribution in [-0.4, -0.2) is 27.2 Å². The molecule has 0 atom stereocenters. The van der Waals surface area contributed by atoms with Gasteiger partial charge in [0.1, 0.15) is 0 Å². The lowest BCUT2D eigenvalue weighted by Crippen LogP contribution is -2.47. The second-order valence-electron chi connectivity index (χ2n) is 5.26. The van der Waals surface area contributed by atoms with Gasteiger partial charge in [0.05, 0.1) is 17.7 Å². The van der Waals surface area contributed by atoms with Crippen LogP contribution in [0.5, 0.6) is 0 Å². The van der Waals surface area contributed by atoms with E-state index in [1.54, 1.807) is 24.3 Å². The molecule has 0 unspecified atom stereocenters. The maximum absolute atomic E-state index is 12.4. The Morgan fingerprint density at radius 1 is 1.00 bits per heavy atom. The molecule has 0 saturated heterocycles. The molecule has 1 aliphatic rings. The van der Waals surface area contributed by atoms with Crippen molar-refractivity contribution in [2.24, 2.45) is 0 Å². The van der Waals surface area contributed by atoms with Crippen LogP contribution in [0.1, 0.15) is 31.8 Å². The van der Waals surface area contributed by atoms with E-state index in [1.165, 1.54) is 0 Å². The predicted molar refractivity (Wildman–Crippen MR) is 84.9 cm³/mol. The lowest BCUT2D eigenvalue weighted by molar-refractivity contribution is 0.0201. The normalized spacial score (nSPS) is 13.2. The van der Waals surface area contributed by atoms with Gasteiger partial charge in [0.15, 0.2) is 0 Å². The van der Waals surface area contributed by atoms with Crippen molar-refractivity contribution in [3.05, 3.63) is 70.8 Å². The fourth-order valence-corrected chi connectivity index (χ4v) is 2.61. The van der Waals surface area contributed by atoms with Crippen molar-refractivity contribution in [3.8, 4) is 0 Å². The third-order valence-corrected chi connectivity index (χ3v) is 3.87. The summed E-state index contributed by atoms with van der Waals surface area (Å²) >= 11 is 5.62. The summed E-state index contributed by atoms with van der Waals surface area (Å²) in [6.45, 7) is 1.98. The van der Waals surface area contributed by atoms with Crippen LogP contribution in [0.15, 0.2) is 48.5 Å². The molecule has 2 aromatic carbocycles. The highest BCUT2D eigenvalue weighted by Gasteiger charge is 2.40. The van der Waals surface area contributed by atoms with Crippen LogP contribution in [0.3, 0.4) is 0 Å². The molecule has 0 aromatic heterocycles. The molecule has 0 fully saturated rings. The van der Waals surface area contributed by atoms with Gasteiger partial charge in [-0.1, -0.05) is 42.0 Å². The van der Waals surface area contributed by atoms with Gasteiger partial charge in [0, 0.05) is 0 Å².